The van der Waals surface area contributed by atoms with E-state index in [4.69, 9.17) is 4.74 Å². The van der Waals surface area contributed by atoms with Gasteiger partial charge in [-0.15, -0.1) is 0 Å². The van der Waals surface area contributed by atoms with E-state index >= 15 is 0 Å². The van der Waals surface area contributed by atoms with E-state index in [2.05, 4.69) is 0 Å². The van der Waals surface area contributed by atoms with Crippen LogP contribution in [0.15, 0.2) is 42.5 Å². The zero-order chi connectivity index (χ0) is 15.5. The Labute approximate surface area is 127 Å². The van der Waals surface area contributed by atoms with Crippen LogP contribution < -0.4 is 4.74 Å². The summed E-state index contributed by atoms with van der Waals surface area (Å²) in [5.41, 5.74) is 2.03. The maximum atomic E-state index is 12.6. The first kappa shape index (κ1) is 14.7. The molecule has 0 bridgehead atoms. The van der Waals surface area contributed by atoms with Crippen molar-refractivity contribution in [1.29, 1.82) is 0 Å². The first-order chi connectivity index (χ1) is 10.7. The van der Waals surface area contributed by atoms with Crippen LogP contribution >= 0.6 is 0 Å². The Morgan fingerprint density at radius 3 is 2.45 bits per heavy atom. The van der Waals surface area contributed by atoms with Crippen LogP contribution in [0.5, 0.6) is 5.75 Å². The lowest BCUT2D eigenvalue weighted by Crippen LogP contribution is -2.01. The number of carbonyl (C=O) groups is 1. The van der Waals surface area contributed by atoms with Crippen LogP contribution in [0.3, 0.4) is 0 Å². The highest BCUT2D eigenvalue weighted by Gasteiger charge is 2.22. The molecule has 0 amide bonds. The molecular weight excluding hydrogens is 286 g/mol. The molecule has 0 unspecified atom stereocenters. The van der Waals surface area contributed by atoms with E-state index in [9.17, 15) is 13.6 Å². The molecule has 3 rings (SSSR count). The van der Waals surface area contributed by atoms with Gasteiger partial charge in [0.1, 0.15) is 12.0 Å². The Morgan fingerprint density at radius 1 is 1.14 bits per heavy atom. The number of halogens is 2. The number of rotatable bonds is 6. The first-order valence-corrected chi connectivity index (χ1v) is 7.28. The van der Waals surface area contributed by atoms with Gasteiger partial charge in [0.2, 0.25) is 0 Å². The van der Waals surface area contributed by atoms with Gasteiger partial charge < -0.3 is 4.74 Å². The molecule has 1 aliphatic rings. The fourth-order valence-electron chi connectivity index (χ4n) is 2.27. The van der Waals surface area contributed by atoms with E-state index in [1.54, 1.807) is 30.3 Å². The molecule has 22 heavy (non-hydrogen) atoms. The van der Waals surface area contributed by atoms with Gasteiger partial charge in [-0.05, 0) is 42.5 Å². The van der Waals surface area contributed by atoms with E-state index in [1.807, 2.05) is 0 Å². The summed E-state index contributed by atoms with van der Waals surface area (Å²) >= 11 is 0. The predicted molar refractivity (Wildman–Crippen MR) is 80.4 cm³/mol. The van der Waals surface area contributed by atoms with Crippen LogP contribution in [0.25, 0.3) is 11.1 Å². The molecule has 2 nitrogen and oxygen atoms in total. The van der Waals surface area contributed by atoms with Crippen LogP contribution in [0, 0.1) is 5.92 Å². The van der Waals surface area contributed by atoms with Gasteiger partial charge in [-0.3, -0.25) is 4.79 Å². The molecule has 0 aliphatic heterocycles. The second-order valence-electron chi connectivity index (χ2n) is 5.55. The van der Waals surface area contributed by atoms with E-state index in [0.29, 0.717) is 23.8 Å². The molecule has 114 valence electrons. The largest absolute Gasteiger partial charge is 0.493 e. The number of benzene rings is 2. The third kappa shape index (κ3) is 3.32. The fraction of sp³-hybridized carbons (Fsp3) is 0.278. The topological polar surface area (TPSA) is 26.3 Å². The molecule has 0 heterocycles. The quantitative estimate of drug-likeness (QED) is 0.710. The SMILES string of the molecule is O=Cc1ccc(OCC2CC2)c(-c2ccc(C(F)F)cc2)c1. The van der Waals surface area contributed by atoms with E-state index in [0.717, 1.165) is 17.4 Å². The highest BCUT2D eigenvalue weighted by molar-refractivity contribution is 5.81. The third-order valence-electron chi connectivity index (χ3n) is 3.78. The molecule has 0 saturated heterocycles. The Hall–Kier alpha value is -2.23. The molecule has 1 saturated carbocycles. The van der Waals surface area contributed by atoms with Crippen LogP contribution in [0.4, 0.5) is 8.78 Å². The molecule has 0 aromatic heterocycles. The van der Waals surface area contributed by atoms with Crippen molar-refractivity contribution in [2.24, 2.45) is 5.92 Å². The first-order valence-electron chi connectivity index (χ1n) is 7.28. The zero-order valence-corrected chi connectivity index (χ0v) is 12.0. The summed E-state index contributed by atoms with van der Waals surface area (Å²) in [5, 5.41) is 0. The van der Waals surface area contributed by atoms with Gasteiger partial charge in [0.25, 0.3) is 6.43 Å². The second kappa shape index (κ2) is 6.26. The van der Waals surface area contributed by atoms with Crippen molar-refractivity contribution in [2.45, 2.75) is 19.3 Å². The Morgan fingerprint density at radius 2 is 1.86 bits per heavy atom. The second-order valence-corrected chi connectivity index (χ2v) is 5.55. The molecule has 0 N–H and O–H groups in total. The summed E-state index contributed by atoms with van der Waals surface area (Å²) in [5.74, 6) is 1.29. The van der Waals surface area contributed by atoms with Gasteiger partial charge in [-0.2, -0.15) is 0 Å². The fourth-order valence-corrected chi connectivity index (χ4v) is 2.27. The van der Waals surface area contributed by atoms with Gasteiger partial charge >= 0.3 is 0 Å². The summed E-state index contributed by atoms with van der Waals surface area (Å²) in [6.07, 6.45) is 0.651. The van der Waals surface area contributed by atoms with Crippen LogP contribution in [0.1, 0.15) is 35.2 Å². The molecule has 0 radical (unpaired) electrons. The smallest absolute Gasteiger partial charge is 0.263 e. The lowest BCUT2D eigenvalue weighted by Gasteiger charge is -2.12. The van der Waals surface area contributed by atoms with E-state index < -0.39 is 6.43 Å². The number of hydrogen-bond acceptors (Lipinski definition) is 2. The van der Waals surface area contributed by atoms with Crippen molar-refractivity contribution in [3.8, 4) is 16.9 Å². The highest BCUT2D eigenvalue weighted by Crippen LogP contribution is 2.35. The summed E-state index contributed by atoms with van der Waals surface area (Å²) in [4.78, 5) is 11.0. The lowest BCUT2D eigenvalue weighted by molar-refractivity contribution is 0.112. The molecule has 4 heteroatoms. The molecule has 1 fully saturated rings. The number of ether oxygens (including phenoxy) is 1. The van der Waals surface area contributed by atoms with Crippen LogP contribution in [-0.4, -0.2) is 12.9 Å². The number of hydrogen-bond donors (Lipinski definition) is 0. The summed E-state index contributed by atoms with van der Waals surface area (Å²) in [7, 11) is 0. The van der Waals surface area contributed by atoms with Crippen LogP contribution in [-0.2, 0) is 0 Å². The van der Waals surface area contributed by atoms with Crippen LogP contribution in [0.2, 0.25) is 0 Å². The Bertz CT molecular complexity index is 661. The summed E-state index contributed by atoms with van der Waals surface area (Å²) in [6, 6.07) is 11.3. The predicted octanol–water partition coefficient (Wildman–Crippen LogP) is 4.89. The van der Waals surface area contributed by atoms with Crippen molar-refractivity contribution in [3.05, 3.63) is 53.6 Å². The molecule has 2 aromatic carbocycles. The maximum absolute atomic E-state index is 12.6. The molecule has 0 spiro atoms. The number of alkyl halides is 2. The van der Waals surface area contributed by atoms with Gasteiger partial charge in [0.15, 0.2) is 0 Å². The number of carbonyl (C=O) groups excluding carboxylic acids is 1. The van der Waals surface area contributed by atoms with Crippen molar-refractivity contribution in [2.75, 3.05) is 6.61 Å². The standard InChI is InChI=1S/C18H16F2O2/c19-18(20)15-6-4-14(5-7-15)16-9-13(10-21)3-8-17(16)22-11-12-1-2-12/h3-10,12,18H,1-2,11H2. The van der Waals surface area contributed by atoms with Crippen molar-refractivity contribution in [1.82, 2.24) is 0 Å². The van der Waals surface area contributed by atoms with Crippen molar-refractivity contribution in [3.63, 3.8) is 0 Å². The highest BCUT2D eigenvalue weighted by atomic mass is 19.3. The molecule has 1 aliphatic carbocycles. The normalized spacial score (nSPS) is 14.1. The van der Waals surface area contributed by atoms with Gasteiger partial charge in [0.05, 0.1) is 6.61 Å². The number of aldehydes is 1. The van der Waals surface area contributed by atoms with E-state index in [-0.39, 0.29) is 5.56 Å². The Kier molecular flexibility index (Phi) is 4.18. The Balaban J connectivity index is 1.92. The molecular formula is C18H16F2O2. The lowest BCUT2D eigenvalue weighted by atomic mass is 10.0. The van der Waals surface area contributed by atoms with Crippen molar-refractivity contribution >= 4 is 6.29 Å². The third-order valence-corrected chi connectivity index (χ3v) is 3.78. The van der Waals surface area contributed by atoms with Gasteiger partial charge in [-0.1, -0.05) is 24.3 Å². The monoisotopic (exact) mass is 302 g/mol. The minimum atomic E-state index is -2.49. The zero-order valence-electron chi connectivity index (χ0n) is 12.0. The summed E-state index contributed by atoms with van der Waals surface area (Å²) < 4.78 is 31.1. The van der Waals surface area contributed by atoms with Gasteiger partial charge in [0, 0.05) is 16.7 Å². The molecule has 0 atom stereocenters. The summed E-state index contributed by atoms with van der Waals surface area (Å²) in [6.45, 7) is 0.655. The molecule has 2 aromatic rings. The average molecular weight is 302 g/mol. The average Bonchev–Trinajstić information content (AvgIpc) is 3.37. The van der Waals surface area contributed by atoms with Gasteiger partial charge in [-0.25, -0.2) is 8.78 Å². The minimum Gasteiger partial charge on any atom is -0.493 e. The maximum Gasteiger partial charge on any atom is 0.263 e. The van der Waals surface area contributed by atoms with E-state index in [1.165, 1.54) is 25.0 Å². The van der Waals surface area contributed by atoms with Crippen molar-refractivity contribution < 1.29 is 18.3 Å². The minimum absolute atomic E-state index is 0.0178.